The monoisotopic (exact) mass is 435 g/mol. The highest BCUT2D eigenvalue weighted by molar-refractivity contribution is 6.08. The molecule has 0 unspecified atom stereocenters. The third kappa shape index (κ3) is 3.78. The van der Waals surface area contributed by atoms with Gasteiger partial charge in [0.25, 0.3) is 5.56 Å². The molecule has 4 rings (SSSR count). The molecular formula is C24H19F2N3O3. The molecule has 6 nitrogen and oxygen atoms in total. The molecule has 1 aromatic heterocycles. The predicted octanol–water partition coefficient (Wildman–Crippen LogP) is 5.14. The molecule has 0 radical (unpaired) electrons. The summed E-state index contributed by atoms with van der Waals surface area (Å²) in [6.07, 6.45) is 0. The first-order chi connectivity index (χ1) is 15.4. The molecule has 2 N–H and O–H groups in total. The number of halogens is 2. The minimum absolute atomic E-state index is 0.193. The summed E-state index contributed by atoms with van der Waals surface area (Å²) in [6, 6.07) is 16.3. The number of fused-ring (bicyclic) bond motifs is 1. The van der Waals surface area contributed by atoms with Gasteiger partial charge >= 0.3 is 6.03 Å². The molecule has 0 aliphatic heterocycles. The molecule has 0 saturated heterocycles. The minimum Gasteiger partial charge on any atom is -0.496 e. The number of rotatable bonds is 4. The smallest absolute Gasteiger partial charge is 0.324 e. The van der Waals surface area contributed by atoms with E-state index >= 15 is 0 Å². The number of carbonyl (C=O) groups excluding carboxylic acids is 1. The third-order valence-electron chi connectivity index (χ3n) is 5.09. The molecule has 32 heavy (non-hydrogen) atoms. The topological polar surface area (TPSA) is 72.4 Å². The van der Waals surface area contributed by atoms with E-state index in [0.717, 1.165) is 12.1 Å². The highest BCUT2D eigenvalue weighted by Crippen LogP contribution is 2.39. The van der Waals surface area contributed by atoms with Crippen LogP contribution in [0, 0.1) is 11.6 Å². The zero-order valence-electron chi connectivity index (χ0n) is 17.3. The van der Waals surface area contributed by atoms with Crippen LogP contribution in [-0.4, -0.2) is 17.7 Å². The van der Waals surface area contributed by atoms with Gasteiger partial charge in [0.2, 0.25) is 0 Å². The van der Waals surface area contributed by atoms with Crippen LogP contribution >= 0.6 is 0 Å². The number of aromatic nitrogens is 1. The molecule has 2 amide bonds. The van der Waals surface area contributed by atoms with E-state index in [1.54, 1.807) is 30.3 Å². The lowest BCUT2D eigenvalue weighted by Crippen LogP contribution is -2.27. The van der Waals surface area contributed by atoms with Gasteiger partial charge in [-0.15, -0.1) is 0 Å². The van der Waals surface area contributed by atoms with Gasteiger partial charge in [0, 0.05) is 29.6 Å². The Kier molecular flexibility index (Phi) is 5.59. The van der Waals surface area contributed by atoms with Crippen LogP contribution in [0.1, 0.15) is 0 Å². The number of carbonyl (C=O) groups is 1. The summed E-state index contributed by atoms with van der Waals surface area (Å²) >= 11 is 0. The Morgan fingerprint density at radius 3 is 2.34 bits per heavy atom. The quantitative estimate of drug-likeness (QED) is 0.467. The molecular weight excluding hydrogens is 416 g/mol. The van der Waals surface area contributed by atoms with E-state index in [1.807, 2.05) is 18.2 Å². The van der Waals surface area contributed by atoms with Crippen LogP contribution in [0.25, 0.3) is 21.9 Å². The molecule has 4 aromatic rings. The summed E-state index contributed by atoms with van der Waals surface area (Å²) in [5.74, 6) is -0.941. The Balaban J connectivity index is 1.88. The van der Waals surface area contributed by atoms with Crippen molar-refractivity contribution < 1.29 is 18.3 Å². The number of anilines is 2. The number of amides is 2. The highest BCUT2D eigenvalue weighted by atomic mass is 19.1. The van der Waals surface area contributed by atoms with Crippen molar-refractivity contribution >= 4 is 28.3 Å². The molecule has 0 saturated carbocycles. The number of ether oxygens (including phenoxy) is 1. The SMILES string of the molecule is COc1ccccc1-c1c(NC(=O)Nc2ccc(F)cc2F)n(C)c(=O)c2ccccc12. The van der Waals surface area contributed by atoms with E-state index in [9.17, 15) is 18.4 Å². The molecule has 162 valence electrons. The molecule has 3 aromatic carbocycles. The Morgan fingerprint density at radius 1 is 0.938 bits per heavy atom. The molecule has 0 atom stereocenters. The van der Waals surface area contributed by atoms with E-state index in [2.05, 4.69) is 10.6 Å². The van der Waals surface area contributed by atoms with Crippen molar-refractivity contribution in [1.29, 1.82) is 0 Å². The van der Waals surface area contributed by atoms with Crippen LogP contribution < -0.4 is 20.9 Å². The Morgan fingerprint density at radius 2 is 1.62 bits per heavy atom. The fraction of sp³-hybridized carbons (Fsp3) is 0.0833. The van der Waals surface area contributed by atoms with E-state index < -0.39 is 17.7 Å². The van der Waals surface area contributed by atoms with Gasteiger partial charge in [0.05, 0.1) is 12.8 Å². The van der Waals surface area contributed by atoms with Gasteiger partial charge in [-0.1, -0.05) is 36.4 Å². The van der Waals surface area contributed by atoms with Gasteiger partial charge in [0.1, 0.15) is 23.2 Å². The number of benzene rings is 3. The summed E-state index contributed by atoms with van der Waals surface area (Å²) in [5, 5.41) is 6.08. The summed E-state index contributed by atoms with van der Waals surface area (Å²) in [6.45, 7) is 0. The van der Waals surface area contributed by atoms with Crippen LogP contribution in [0.5, 0.6) is 5.75 Å². The van der Waals surface area contributed by atoms with Crippen molar-refractivity contribution in [2.45, 2.75) is 0 Å². The lowest BCUT2D eigenvalue weighted by atomic mass is 9.98. The standard InChI is InChI=1S/C24H19F2N3O3/c1-29-22(28-24(31)27-19-12-11-14(25)13-18(19)26)21(17-9-5-6-10-20(17)32-2)15-7-3-4-8-16(15)23(29)30/h3-13H,1-2H3,(H2,27,28,31). The second-order valence-corrected chi connectivity index (χ2v) is 7.04. The van der Waals surface area contributed by atoms with Gasteiger partial charge in [0.15, 0.2) is 0 Å². The molecule has 0 spiro atoms. The van der Waals surface area contributed by atoms with E-state index in [0.29, 0.717) is 33.7 Å². The first-order valence-corrected chi connectivity index (χ1v) is 9.69. The van der Waals surface area contributed by atoms with Crippen molar-refractivity contribution in [1.82, 2.24) is 4.57 Å². The lowest BCUT2D eigenvalue weighted by molar-refractivity contribution is 0.262. The van der Waals surface area contributed by atoms with Crippen LogP contribution in [0.3, 0.4) is 0 Å². The zero-order valence-corrected chi connectivity index (χ0v) is 17.3. The zero-order chi connectivity index (χ0) is 22.8. The maximum Gasteiger partial charge on any atom is 0.324 e. The lowest BCUT2D eigenvalue weighted by Gasteiger charge is -2.20. The number of methoxy groups -OCH3 is 1. The van der Waals surface area contributed by atoms with Gasteiger partial charge in [-0.05, 0) is 29.7 Å². The maximum absolute atomic E-state index is 14.0. The summed E-state index contributed by atoms with van der Waals surface area (Å²) < 4.78 is 34.0. The number of nitrogens with zero attached hydrogens (tertiary/aromatic N) is 1. The first kappa shape index (κ1) is 21.0. The maximum atomic E-state index is 14.0. The van der Waals surface area contributed by atoms with Crippen LogP contribution in [-0.2, 0) is 7.05 Å². The van der Waals surface area contributed by atoms with Crippen molar-refractivity contribution in [2.75, 3.05) is 17.7 Å². The van der Waals surface area contributed by atoms with Crippen LogP contribution in [0.15, 0.2) is 71.5 Å². The number of urea groups is 1. The van der Waals surface area contributed by atoms with Gasteiger partial charge in [-0.2, -0.15) is 0 Å². The molecule has 1 heterocycles. The molecule has 0 aliphatic carbocycles. The summed E-state index contributed by atoms with van der Waals surface area (Å²) in [5.41, 5.74) is 0.705. The first-order valence-electron chi connectivity index (χ1n) is 9.69. The number of pyridine rings is 1. The number of hydrogen-bond donors (Lipinski definition) is 2. The summed E-state index contributed by atoms with van der Waals surface area (Å²) in [7, 11) is 3.06. The number of hydrogen-bond acceptors (Lipinski definition) is 3. The molecule has 0 aliphatic rings. The normalized spacial score (nSPS) is 10.8. The van der Waals surface area contributed by atoms with Gasteiger partial charge in [-0.3, -0.25) is 14.7 Å². The molecule has 8 heteroatoms. The Labute approximate surface area is 182 Å². The second kappa shape index (κ2) is 8.50. The minimum atomic E-state index is -0.919. The van der Waals surface area contributed by atoms with Gasteiger partial charge < -0.3 is 10.1 Å². The predicted molar refractivity (Wildman–Crippen MR) is 120 cm³/mol. The van der Waals surface area contributed by atoms with Crippen molar-refractivity contribution in [2.24, 2.45) is 7.05 Å². The van der Waals surface area contributed by atoms with Crippen molar-refractivity contribution in [3.63, 3.8) is 0 Å². The average molecular weight is 435 g/mol. The van der Waals surface area contributed by atoms with E-state index in [1.165, 1.54) is 18.7 Å². The second-order valence-electron chi connectivity index (χ2n) is 7.04. The number of para-hydroxylation sites is 1. The third-order valence-corrected chi connectivity index (χ3v) is 5.09. The molecule has 0 bridgehead atoms. The van der Waals surface area contributed by atoms with Gasteiger partial charge in [-0.25, -0.2) is 13.6 Å². The fourth-order valence-electron chi connectivity index (χ4n) is 3.59. The fourth-order valence-corrected chi connectivity index (χ4v) is 3.59. The van der Waals surface area contributed by atoms with E-state index in [4.69, 9.17) is 4.74 Å². The number of nitrogens with one attached hydrogen (secondary N) is 2. The van der Waals surface area contributed by atoms with Crippen LogP contribution in [0.4, 0.5) is 25.1 Å². The summed E-state index contributed by atoms with van der Waals surface area (Å²) in [4.78, 5) is 25.7. The Hall–Kier alpha value is -4.20. The van der Waals surface area contributed by atoms with E-state index in [-0.39, 0.29) is 17.1 Å². The van der Waals surface area contributed by atoms with Crippen molar-refractivity contribution in [3.8, 4) is 16.9 Å². The van der Waals surface area contributed by atoms with Crippen molar-refractivity contribution in [3.05, 3.63) is 88.7 Å². The largest absolute Gasteiger partial charge is 0.496 e. The Bertz CT molecular complexity index is 1400. The highest BCUT2D eigenvalue weighted by Gasteiger charge is 2.21. The average Bonchev–Trinajstić information content (AvgIpc) is 2.79. The molecule has 0 fully saturated rings. The van der Waals surface area contributed by atoms with Crippen LogP contribution in [0.2, 0.25) is 0 Å².